The van der Waals surface area contributed by atoms with E-state index < -0.39 is 0 Å². The van der Waals surface area contributed by atoms with Crippen molar-refractivity contribution in [2.45, 2.75) is 0 Å². The molecule has 0 aliphatic rings. The van der Waals surface area contributed by atoms with Gasteiger partial charge in [-0.25, -0.2) is 0 Å². The van der Waals surface area contributed by atoms with E-state index in [1.807, 2.05) is 12.1 Å². The first-order valence-electron chi connectivity index (χ1n) is 4.61. The first-order chi connectivity index (χ1) is 7.25. The van der Waals surface area contributed by atoms with Gasteiger partial charge in [-0.3, -0.25) is 0 Å². The molecule has 0 radical (unpaired) electrons. The molecule has 3 heteroatoms. The fraction of sp³-hybridized carbons (Fsp3) is 0. The standard InChI is InChI=1S/C12H7Br2N/c13-7-4-5-10-8(6-7)12-9(14)2-1-3-11(12)15-10/h1-6,15H. The first-order valence-corrected chi connectivity index (χ1v) is 6.20. The van der Waals surface area contributed by atoms with E-state index in [2.05, 4.69) is 61.1 Å². The molecule has 3 aromatic rings. The predicted molar refractivity (Wildman–Crippen MR) is 71.2 cm³/mol. The van der Waals surface area contributed by atoms with E-state index in [1.165, 1.54) is 16.3 Å². The fourth-order valence-electron chi connectivity index (χ4n) is 1.88. The Hall–Kier alpha value is -0.800. The predicted octanol–water partition coefficient (Wildman–Crippen LogP) is 4.85. The molecular formula is C12H7Br2N. The van der Waals surface area contributed by atoms with Gasteiger partial charge in [0.05, 0.1) is 0 Å². The summed E-state index contributed by atoms with van der Waals surface area (Å²) in [6.07, 6.45) is 0. The molecule has 1 aromatic heterocycles. The summed E-state index contributed by atoms with van der Waals surface area (Å²) in [6.45, 7) is 0. The van der Waals surface area contributed by atoms with Crippen LogP contribution in [-0.4, -0.2) is 4.98 Å². The van der Waals surface area contributed by atoms with E-state index in [-0.39, 0.29) is 0 Å². The van der Waals surface area contributed by atoms with Gasteiger partial charge in [0.2, 0.25) is 0 Å². The van der Waals surface area contributed by atoms with Gasteiger partial charge in [0.25, 0.3) is 0 Å². The molecule has 0 spiro atoms. The smallest absolute Gasteiger partial charge is 0.0476 e. The maximum atomic E-state index is 3.59. The Labute approximate surface area is 104 Å². The van der Waals surface area contributed by atoms with Crippen LogP contribution in [0.2, 0.25) is 0 Å². The van der Waals surface area contributed by atoms with Crippen molar-refractivity contribution >= 4 is 53.7 Å². The summed E-state index contributed by atoms with van der Waals surface area (Å²) < 4.78 is 2.23. The minimum atomic E-state index is 1.10. The number of aromatic amines is 1. The number of aromatic nitrogens is 1. The molecule has 1 heterocycles. The monoisotopic (exact) mass is 323 g/mol. The molecule has 0 saturated heterocycles. The lowest BCUT2D eigenvalue weighted by atomic mass is 10.2. The van der Waals surface area contributed by atoms with Gasteiger partial charge >= 0.3 is 0 Å². The maximum absolute atomic E-state index is 3.59. The van der Waals surface area contributed by atoms with Crippen molar-refractivity contribution in [3.8, 4) is 0 Å². The second-order valence-corrected chi connectivity index (χ2v) is 5.25. The average molecular weight is 325 g/mol. The first kappa shape index (κ1) is 9.43. The van der Waals surface area contributed by atoms with Crippen LogP contribution in [0, 0.1) is 0 Å². The lowest BCUT2D eigenvalue weighted by Crippen LogP contribution is -1.69. The summed E-state index contributed by atoms with van der Waals surface area (Å²) in [7, 11) is 0. The van der Waals surface area contributed by atoms with Crippen molar-refractivity contribution in [2.75, 3.05) is 0 Å². The third-order valence-corrected chi connectivity index (χ3v) is 3.69. The number of benzene rings is 2. The number of rotatable bonds is 0. The lowest BCUT2D eigenvalue weighted by molar-refractivity contribution is 1.54. The van der Waals surface area contributed by atoms with Crippen molar-refractivity contribution in [1.29, 1.82) is 0 Å². The summed E-state index contributed by atoms with van der Waals surface area (Å²) in [4.78, 5) is 3.40. The molecule has 1 N–H and O–H groups in total. The highest BCUT2D eigenvalue weighted by atomic mass is 79.9. The van der Waals surface area contributed by atoms with Gasteiger partial charge in [0.15, 0.2) is 0 Å². The Morgan fingerprint density at radius 3 is 2.67 bits per heavy atom. The largest absolute Gasteiger partial charge is 0.354 e. The van der Waals surface area contributed by atoms with Gasteiger partial charge in [0, 0.05) is 30.8 Å². The number of halogens is 2. The molecule has 3 rings (SSSR count). The molecule has 0 fully saturated rings. The van der Waals surface area contributed by atoms with E-state index in [9.17, 15) is 0 Å². The minimum Gasteiger partial charge on any atom is -0.354 e. The molecule has 0 unspecified atom stereocenters. The van der Waals surface area contributed by atoms with Crippen LogP contribution in [-0.2, 0) is 0 Å². The van der Waals surface area contributed by atoms with E-state index in [0.29, 0.717) is 0 Å². The highest BCUT2D eigenvalue weighted by molar-refractivity contribution is 9.11. The fourth-order valence-corrected chi connectivity index (χ4v) is 2.82. The Balaban J connectivity index is 2.61. The topological polar surface area (TPSA) is 15.8 Å². The SMILES string of the molecule is Brc1ccc2[nH]c3cccc(Br)c3c2c1. The van der Waals surface area contributed by atoms with Crippen LogP contribution in [0.25, 0.3) is 21.8 Å². The van der Waals surface area contributed by atoms with Crippen LogP contribution in [0.5, 0.6) is 0 Å². The van der Waals surface area contributed by atoms with Crippen molar-refractivity contribution in [2.24, 2.45) is 0 Å². The van der Waals surface area contributed by atoms with Gasteiger partial charge in [-0.15, -0.1) is 0 Å². The second-order valence-electron chi connectivity index (χ2n) is 3.48. The normalized spacial score (nSPS) is 11.3. The third kappa shape index (κ3) is 1.42. The van der Waals surface area contributed by atoms with Crippen LogP contribution in [0.15, 0.2) is 45.3 Å². The summed E-state index contributed by atoms with van der Waals surface area (Å²) >= 11 is 7.08. The molecular weight excluding hydrogens is 318 g/mol. The van der Waals surface area contributed by atoms with Crippen LogP contribution in [0.1, 0.15) is 0 Å². The van der Waals surface area contributed by atoms with Crippen LogP contribution < -0.4 is 0 Å². The molecule has 0 aliphatic carbocycles. The summed E-state index contributed by atoms with van der Waals surface area (Å²) in [5.74, 6) is 0. The van der Waals surface area contributed by atoms with Crippen LogP contribution in [0.4, 0.5) is 0 Å². The van der Waals surface area contributed by atoms with Gasteiger partial charge in [0.1, 0.15) is 0 Å². The molecule has 74 valence electrons. The summed E-state index contributed by atoms with van der Waals surface area (Å²) in [6, 6.07) is 12.5. The Bertz CT molecular complexity index is 655. The van der Waals surface area contributed by atoms with Gasteiger partial charge in [-0.1, -0.05) is 37.9 Å². The average Bonchev–Trinajstić information content (AvgIpc) is 2.57. The zero-order valence-corrected chi connectivity index (χ0v) is 10.9. The molecule has 0 aliphatic heterocycles. The van der Waals surface area contributed by atoms with Gasteiger partial charge < -0.3 is 4.98 Å². The zero-order valence-electron chi connectivity index (χ0n) is 7.72. The lowest BCUT2D eigenvalue weighted by Gasteiger charge is -1.95. The van der Waals surface area contributed by atoms with Crippen LogP contribution in [0.3, 0.4) is 0 Å². The number of H-pyrrole nitrogens is 1. The van der Waals surface area contributed by atoms with Crippen molar-refractivity contribution < 1.29 is 0 Å². The van der Waals surface area contributed by atoms with E-state index >= 15 is 0 Å². The highest BCUT2D eigenvalue weighted by Gasteiger charge is 2.06. The van der Waals surface area contributed by atoms with Crippen molar-refractivity contribution in [1.82, 2.24) is 4.98 Å². The Morgan fingerprint density at radius 1 is 0.933 bits per heavy atom. The van der Waals surface area contributed by atoms with Crippen molar-refractivity contribution in [3.63, 3.8) is 0 Å². The molecule has 0 saturated carbocycles. The molecule has 0 atom stereocenters. The van der Waals surface area contributed by atoms with Crippen LogP contribution >= 0.6 is 31.9 Å². The zero-order chi connectivity index (χ0) is 10.4. The highest BCUT2D eigenvalue weighted by Crippen LogP contribution is 2.32. The summed E-state index contributed by atoms with van der Waals surface area (Å²) in [5.41, 5.74) is 2.33. The number of nitrogens with one attached hydrogen (secondary N) is 1. The molecule has 0 amide bonds. The number of hydrogen-bond acceptors (Lipinski definition) is 0. The van der Waals surface area contributed by atoms with E-state index in [0.717, 1.165) is 14.5 Å². The Morgan fingerprint density at radius 2 is 1.80 bits per heavy atom. The Kier molecular flexibility index (Phi) is 2.11. The molecule has 15 heavy (non-hydrogen) atoms. The quantitative estimate of drug-likeness (QED) is 0.608. The van der Waals surface area contributed by atoms with Gasteiger partial charge in [-0.2, -0.15) is 0 Å². The minimum absolute atomic E-state index is 1.10. The molecule has 0 bridgehead atoms. The van der Waals surface area contributed by atoms with Crippen molar-refractivity contribution in [3.05, 3.63) is 45.3 Å². The van der Waals surface area contributed by atoms with E-state index in [1.54, 1.807) is 0 Å². The van der Waals surface area contributed by atoms with Gasteiger partial charge in [-0.05, 0) is 30.3 Å². The summed E-state index contributed by atoms with van der Waals surface area (Å²) in [5, 5.41) is 2.49. The second kappa shape index (κ2) is 3.35. The maximum Gasteiger partial charge on any atom is 0.0476 e. The third-order valence-electron chi connectivity index (χ3n) is 2.53. The number of fused-ring (bicyclic) bond motifs is 3. The molecule has 2 aromatic carbocycles. The van der Waals surface area contributed by atoms with E-state index in [4.69, 9.17) is 0 Å². The number of hydrogen-bond donors (Lipinski definition) is 1. The molecule has 1 nitrogen and oxygen atoms in total.